The minimum atomic E-state index is -1.83. The molecule has 0 aromatic carbocycles. The molecule has 0 aliphatic heterocycles. The summed E-state index contributed by atoms with van der Waals surface area (Å²) in [5.41, 5.74) is 0. The lowest BCUT2D eigenvalue weighted by atomic mass is 10.6. The van der Waals surface area contributed by atoms with E-state index in [1.54, 1.807) is 6.92 Å². The summed E-state index contributed by atoms with van der Waals surface area (Å²) in [4.78, 5) is 8.56. The number of carboxylic acid groups (broad SMARTS) is 2. The van der Waals surface area contributed by atoms with E-state index in [9.17, 15) is 8.78 Å². The smallest absolute Gasteiger partial charge is 0.450 e. The number of hydrogen-bond donors (Lipinski definition) is 2. The van der Waals surface area contributed by atoms with E-state index in [0.29, 0.717) is 6.42 Å². The Labute approximate surface area is 64.0 Å². The van der Waals surface area contributed by atoms with E-state index >= 15 is 0 Å². The summed E-state index contributed by atoms with van der Waals surface area (Å²) < 4.78 is 20.8. The van der Waals surface area contributed by atoms with Crippen LogP contribution in [0.25, 0.3) is 0 Å². The van der Waals surface area contributed by atoms with Crippen LogP contribution in [0.3, 0.4) is 0 Å². The highest BCUT2D eigenvalue weighted by atomic mass is 19.1. The molecule has 0 fully saturated rings. The molecule has 3 nitrogen and oxygen atoms in total. The fourth-order valence-electron chi connectivity index (χ4n) is 0. The molecule has 0 saturated carbocycles. The van der Waals surface area contributed by atoms with Gasteiger partial charge in [-0.25, -0.2) is 9.18 Å². The second kappa shape index (κ2) is 23.2. The molecule has 0 aliphatic rings. The summed E-state index contributed by atoms with van der Waals surface area (Å²) in [7, 11) is 0. The highest BCUT2D eigenvalue weighted by molar-refractivity contribution is 5.53. The molecule has 0 heterocycles. The molecule has 11 heavy (non-hydrogen) atoms. The summed E-state index contributed by atoms with van der Waals surface area (Å²) in [5, 5.41) is 13.9. The van der Waals surface area contributed by atoms with E-state index in [1.165, 1.54) is 0 Å². The first-order valence-electron chi connectivity index (χ1n) is 2.75. The van der Waals surface area contributed by atoms with E-state index in [-0.39, 0.29) is 13.0 Å². The highest BCUT2D eigenvalue weighted by Gasteiger charge is 1.70. The van der Waals surface area contributed by atoms with Gasteiger partial charge in [-0.3, -0.25) is 4.39 Å². The van der Waals surface area contributed by atoms with Crippen molar-refractivity contribution in [3.8, 4) is 0 Å². The van der Waals surface area contributed by atoms with Crippen molar-refractivity contribution < 1.29 is 23.8 Å². The van der Waals surface area contributed by atoms with Crippen LogP contribution in [0.5, 0.6) is 0 Å². The Kier molecular flexibility index (Phi) is 34.6. The molecule has 0 bridgehead atoms. The Balaban J connectivity index is -0.0000000886. The topological polar surface area (TPSA) is 57.5 Å². The largest absolute Gasteiger partial charge is 0.503 e. The minimum absolute atomic E-state index is 0.181. The maximum Gasteiger partial charge on any atom is 0.503 e. The molecular weight excluding hydrogens is 158 g/mol. The molecule has 0 radical (unpaired) electrons. The first-order valence-corrected chi connectivity index (χ1v) is 2.75. The van der Waals surface area contributed by atoms with Gasteiger partial charge < -0.3 is 10.2 Å². The summed E-state index contributed by atoms with van der Waals surface area (Å²) in [6, 6.07) is 0. The van der Waals surface area contributed by atoms with Gasteiger partial charge >= 0.3 is 6.16 Å². The van der Waals surface area contributed by atoms with Crippen molar-refractivity contribution in [3.63, 3.8) is 0 Å². The Morgan fingerprint density at radius 1 is 1.64 bits per heavy atom. The van der Waals surface area contributed by atoms with Gasteiger partial charge in [-0.15, -0.1) is 0 Å². The number of alkyl halides is 1. The molecule has 68 valence electrons. The molecule has 0 aromatic rings. The normalized spacial score (nSPS) is 6.09. The van der Waals surface area contributed by atoms with Crippen molar-refractivity contribution in [2.24, 2.45) is 0 Å². The summed E-state index contributed by atoms with van der Waals surface area (Å²) >= 11 is 0. The maximum absolute atomic E-state index is 10.7. The molecule has 5 heteroatoms. The van der Waals surface area contributed by atoms with Crippen molar-refractivity contribution in [3.05, 3.63) is 12.9 Å². The van der Waals surface area contributed by atoms with Crippen LogP contribution in [-0.4, -0.2) is 23.0 Å². The molecule has 0 saturated heterocycles. The zero-order valence-electron chi connectivity index (χ0n) is 6.26. The SMILES string of the molecule is C=CF.CCCF.O=C(O)O. The van der Waals surface area contributed by atoms with Gasteiger partial charge in [-0.2, -0.15) is 0 Å². The van der Waals surface area contributed by atoms with Gasteiger partial charge in [0.1, 0.15) is 0 Å². The average molecular weight is 170 g/mol. The number of carbonyl (C=O) groups is 1. The van der Waals surface area contributed by atoms with Crippen molar-refractivity contribution in [2.45, 2.75) is 13.3 Å². The van der Waals surface area contributed by atoms with Crippen LogP contribution >= 0.6 is 0 Å². The molecule has 0 aromatic heterocycles. The summed E-state index contributed by atoms with van der Waals surface area (Å²) in [6.45, 7) is 4.32. The quantitative estimate of drug-likeness (QED) is 0.636. The van der Waals surface area contributed by atoms with Gasteiger partial charge in [0.25, 0.3) is 0 Å². The fraction of sp³-hybridized carbons (Fsp3) is 0.500. The van der Waals surface area contributed by atoms with Crippen molar-refractivity contribution >= 4 is 6.16 Å². The van der Waals surface area contributed by atoms with Crippen molar-refractivity contribution in [2.75, 3.05) is 6.67 Å². The van der Waals surface area contributed by atoms with Gasteiger partial charge in [0.05, 0.1) is 13.0 Å². The average Bonchev–Trinajstić information content (AvgIpc) is 1.88. The summed E-state index contributed by atoms with van der Waals surface area (Å²) in [5.74, 6) is 0. The van der Waals surface area contributed by atoms with Crippen LogP contribution in [0, 0.1) is 0 Å². The van der Waals surface area contributed by atoms with Crippen LogP contribution in [-0.2, 0) is 0 Å². The van der Waals surface area contributed by atoms with E-state index in [0.717, 1.165) is 0 Å². The van der Waals surface area contributed by atoms with Gasteiger partial charge in [-0.05, 0) is 6.42 Å². The Morgan fingerprint density at radius 2 is 1.73 bits per heavy atom. The zero-order valence-corrected chi connectivity index (χ0v) is 6.26. The van der Waals surface area contributed by atoms with E-state index in [2.05, 4.69) is 6.58 Å². The van der Waals surface area contributed by atoms with Gasteiger partial charge in [-0.1, -0.05) is 13.5 Å². The fourth-order valence-corrected chi connectivity index (χ4v) is 0. The Hall–Kier alpha value is -1.13. The van der Waals surface area contributed by atoms with Crippen molar-refractivity contribution in [1.82, 2.24) is 0 Å². The van der Waals surface area contributed by atoms with Crippen LogP contribution in [0.15, 0.2) is 12.9 Å². The third-order valence-corrected chi connectivity index (χ3v) is 0.189. The third kappa shape index (κ3) is 24800. The second-order valence-electron chi connectivity index (χ2n) is 1.13. The van der Waals surface area contributed by atoms with Crippen LogP contribution < -0.4 is 0 Å². The molecule has 0 aliphatic carbocycles. The second-order valence-corrected chi connectivity index (χ2v) is 1.13. The Morgan fingerprint density at radius 3 is 1.73 bits per heavy atom. The molecule has 0 rings (SSSR count). The van der Waals surface area contributed by atoms with Gasteiger partial charge in [0.2, 0.25) is 0 Å². The van der Waals surface area contributed by atoms with Crippen LogP contribution in [0.2, 0.25) is 0 Å². The minimum Gasteiger partial charge on any atom is -0.450 e. The van der Waals surface area contributed by atoms with Crippen molar-refractivity contribution in [1.29, 1.82) is 0 Å². The summed E-state index contributed by atoms with van der Waals surface area (Å²) in [6.07, 6.45) is -0.931. The predicted molar refractivity (Wildman–Crippen MR) is 38.2 cm³/mol. The number of hydrogen-bond acceptors (Lipinski definition) is 1. The molecular formula is C6H12F2O3. The van der Waals surface area contributed by atoms with E-state index in [1.807, 2.05) is 0 Å². The lowest BCUT2D eigenvalue weighted by molar-refractivity contribution is 0.137. The first kappa shape index (κ1) is 16.5. The lowest BCUT2D eigenvalue weighted by Crippen LogP contribution is -1.81. The predicted octanol–water partition coefficient (Wildman–Crippen LogP) is 2.69. The number of halogens is 2. The molecule has 0 unspecified atom stereocenters. The highest BCUT2D eigenvalue weighted by Crippen LogP contribution is 1.69. The standard InChI is InChI=1S/C3H7F.C2H3F.CH2O3/c1-2-3-4;1-2-3;2-1(3)4/h2-3H2,1H3;2H,1H2;(H2,2,3,4). The van der Waals surface area contributed by atoms with E-state index in [4.69, 9.17) is 15.0 Å². The van der Waals surface area contributed by atoms with Crippen LogP contribution in [0.4, 0.5) is 13.6 Å². The third-order valence-electron chi connectivity index (χ3n) is 0.189. The zero-order chi connectivity index (χ0) is 9.70. The molecule has 0 amide bonds. The van der Waals surface area contributed by atoms with E-state index < -0.39 is 6.16 Å². The molecule has 0 atom stereocenters. The molecule has 2 N–H and O–H groups in total. The van der Waals surface area contributed by atoms with Gasteiger partial charge in [0, 0.05) is 0 Å². The lowest BCUT2D eigenvalue weighted by Gasteiger charge is -1.64. The van der Waals surface area contributed by atoms with Gasteiger partial charge in [0.15, 0.2) is 0 Å². The monoisotopic (exact) mass is 170 g/mol. The maximum atomic E-state index is 10.7. The molecule has 0 spiro atoms. The number of rotatable bonds is 1. The Bertz CT molecular complexity index is 79.9. The van der Waals surface area contributed by atoms with Crippen LogP contribution in [0.1, 0.15) is 13.3 Å². The first-order chi connectivity index (χ1) is 5.06.